The van der Waals surface area contributed by atoms with E-state index in [1.165, 1.54) is 4.90 Å². The largest absolute Gasteiger partial charge is 0.481 e. The number of amides is 1. The quantitative estimate of drug-likeness (QED) is 0.659. The van der Waals surface area contributed by atoms with Crippen molar-refractivity contribution in [1.82, 2.24) is 15.3 Å². The standard InChI is InChI=1S/C19H19F6N3O4/c20-18(21,22)12-4-11(5-13(6-12)19(23,24)25)10-32-17(31)27-2-1-3-28-15(9-27)7-14(26-28)8-16(29)30/h4-7,14,26H,1-3,8-10H2,(H,29,30). The third-order valence-electron chi connectivity index (χ3n) is 4.89. The Balaban J connectivity index is 1.69. The average molecular weight is 467 g/mol. The Labute approximate surface area is 178 Å². The summed E-state index contributed by atoms with van der Waals surface area (Å²) >= 11 is 0. The number of ether oxygens (including phenoxy) is 1. The van der Waals surface area contributed by atoms with E-state index >= 15 is 0 Å². The molecule has 1 fully saturated rings. The maximum absolute atomic E-state index is 13.0. The molecule has 2 heterocycles. The van der Waals surface area contributed by atoms with E-state index in [0.29, 0.717) is 30.8 Å². The van der Waals surface area contributed by atoms with E-state index in [2.05, 4.69) is 5.43 Å². The highest BCUT2D eigenvalue weighted by Crippen LogP contribution is 2.36. The lowest BCUT2D eigenvalue weighted by Gasteiger charge is -2.22. The second-order valence-electron chi connectivity index (χ2n) is 7.39. The smallest absolute Gasteiger partial charge is 0.416 e. The second-order valence-corrected chi connectivity index (χ2v) is 7.39. The molecule has 3 rings (SSSR count). The molecule has 176 valence electrons. The van der Waals surface area contributed by atoms with E-state index in [0.717, 1.165) is 0 Å². The number of rotatable bonds is 4. The van der Waals surface area contributed by atoms with Crippen molar-refractivity contribution in [3.8, 4) is 0 Å². The molecule has 0 spiro atoms. The molecule has 2 aliphatic heterocycles. The Morgan fingerprint density at radius 2 is 1.69 bits per heavy atom. The van der Waals surface area contributed by atoms with Crippen LogP contribution in [0.25, 0.3) is 0 Å². The molecule has 2 N–H and O–H groups in total. The van der Waals surface area contributed by atoms with Gasteiger partial charge in [0, 0.05) is 18.8 Å². The highest BCUT2D eigenvalue weighted by molar-refractivity contribution is 5.69. The van der Waals surface area contributed by atoms with E-state index in [-0.39, 0.29) is 25.6 Å². The summed E-state index contributed by atoms with van der Waals surface area (Å²) in [6.07, 6.45) is -8.92. The van der Waals surface area contributed by atoms with Gasteiger partial charge in [0.15, 0.2) is 0 Å². The predicted molar refractivity (Wildman–Crippen MR) is 96.8 cm³/mol. The second kappa shape index (κ2) is 8.88. The van der Waals surface area contributed by atoms with Gasteiger partial charge in [0.2, 0.25) is 0 Å². The van der Waals surface area contributed by atoms with Crippen LogP contribution in [0.1, 0.15) is 29.5 Å². The lowest BCUT2D eigenvalue weighted by molar-refractivity contribution is -0.143. The minimum absolute atomic E-state index is 0.00181. The number of halogens is 6. The highest BCUT2D eigenvalue weighted by Gasteiger charge is 2.37. The molecule has 1 aromatic rings. The van der Waals surface area contributed by atoms with Crippen LogP contribution in [-0.4, -0.2) is 52.8 Å². The Bertz CT molecular complexity index is 883. The van der Waals surface area contributed by atoms with Crippen molar-refractivity contribution in [3.63, 3.8) is 0 Å². The van der Waals surface area contributed by atoms with Gasteiger partial charge >= 0.3 is 24.4 Å². The molecule has 32 heavy (non-hydrogen) atoms. The fraction of sp³-hybridized carbons (Fsp3) is 0.474. The topological polar surface area (TPSA) is 82.1 Å². The van der Waals surface area contributed by atoms with Crippen LogP contribution in [0.5, 0.6) is 0 Å². The van der Waals surface area contributed by atoms with E-state index in [9.17, 15) is 35.9 Å². The minimum atomic E-state index is -5.00. The van der Waals surface area contributed by atoms with Crippen molar-refractivity contribution < 1.29 is 45.8 Å². The van der Waals surface area contributed by atoms with Crippen LogP contribution in [0.15, 0.2) is 30.0 Å². The zero-order chi connectivity index (χ0) is 23.7. The number of fused-ring (bicyclic) bond motifs is 1. The van der Waals surface area contributed by atoms with Crippen molar-refractivity contribution in [2.45, 2.75) is 37.8 Å². The number of hydrogen-bond acceptors (Lipinski definition) is 5. The number of carboxylic acids is 1. The molecule has 13 heteroatoms. The Morgan fingerprint density at radius 3 is 2.25 bits per heavy atom. The Morgan fingerprint density at radius 1 is 1.06 bits per heavy atom. The number of carboxylic acid groups (broad SMARTS) is 1. The van der Waals surface area contributed by atoms with Gasteiger partial charge in [0.25, 0.3) is 0 Å². The summed E-state index contributed by atoms with van der Waals surface area (Å²) in [7, 11) is 0. The summed E-state index contributed by atoms with van der Waals surface area (Å²) in [5.74, 6) is -1.01. The summed E-state index contributed by atoms with van der Waals surface area (Å²) in [5.41, 5.74) is 0.194. The summed E-state index contributed by atoms with van der Waals surface area (Å²) in [5, 5.41) is 10.6. The molecule has 0 aliphatic carbocycles. The number of nitrogens with zero attached hydrogens (tertiary/aromatic N) is 2. The van der Waals surface area contributed by atoms with Gasteiger partial charge in [-0.15, -0.1) is 0 Å². The van der Waals surface area contributed by atoms with Gasteiger partial charge < -0.3 is 19.8 Å². The molecule has 0 radical (unpaired) electrons. The number of carbonyl (C=O) groups excluding carboxylic acids is 1. The lowest BCUT2D eigenvalue weighted by Crippen LogP contribution is -2.39. The number of hydrazine groups is 1. The third kappa shape index (κ3) is 5.84. The first-order valence-corrected chi connectivity index (χ1v) is 9.49. The number of carbonyl (C=O) groups is 2. The summed E-state index contributed by atoms with van der Waals surface area (Å²) in [6.45, 7) is 0.00593. The predicted octanol–water partition coefficient (Wildman–Crippen LogP) is 3.61. The maximum atomic E-state index is 13.0. The summed E-state index contributed by atoms with van der Waals surface area (Å²) in [6, 6.07) is 0.561. The fourth-order valence-corrected chi connectivity index (χ4v) is 3.47. The van der Waals surface area contributed by atoms with Crippen molar-refractivity contribution in [1.29, 1.82) is 0 Å². The molecule has 1 unspecified atom stereocenters. The number of nitrogens with one attached hydrogen (secondary N) is 1. The van der Waals surface area contributed by atoms with Gasteiger partial charge in [-0.05, 0) is 36.3 Å². The van der Waals surface area contributed by atoms with E-state index in [1.54, 1.807) is 11.1 Å². The number of alkyl halides is 6. The molecule has 0 aromatic heterocycles. The van der Waals surface area contributed by atoms with Gasteiger partial charge in [-0.25, -0.2) is 10.2 Å². The molecule has 0 bridgehead atoms. The fourth-order valence-electron chi connectivity index (χ4n) is 3.47. The molecular weight excluding hydrogens is 448 g/mol. The highest BCUT2D eigenvalue weighted by atomic mass is 19.4. The Kier molecular flexibility index (Phi) is 6.58. The number of hydrogen-bond donors (Lipinski definition) is 2. The number of benzene rings is 1. The third-order valence-corrected chi connectivity index (χ3v) is 4.89. The SMILES string of the molecule is O=C(O)CC1C=C2CN(C(=O)OCc3cc(C(F)(F)F)cc(C(F)(F)F)c3)CCCN2N1. The molecule has 2 aliphatic rings. The van der Waals surface area contributed by atoms with Crippen molar-refractivity contribution in [2.24, 2.45) is 0 Å². The van der Waals surface area contributed by atoms with Crippen LogP contribution in [0.3, 0.4) is 0 Å². The van der Waals surface area contributed by atoms with Crippen molar-refractivity contribution >= 4 is 12.1 Å². The van der Waals surface area contributed by atoms with Crippen LogP contribution in [0.4, 0.5) is 31.1 Å². The van der Waals surface area contributed by atoms with Gasteiger partial charge in [-0.3, -0.25) is 4.79 Å². The molecule has 1 amide bonds. The van der Waals surface area contributed by atoms with Crippen molar-refractivity contribution in [2.75, 3.05) is 19.6 Å². The first-order chi connectivity index (χ1) is 14.8. The van der Waals surface area contributed by atoms with Crippen LogP contribution in [-0.2, 0) is 28.5 Å². The Hall–Kier alpha value is -2.96. The first-order valence-electron chi connectivity index (χ1n) is 9.49. The lowest BCUT2D eigenvalue weighted by atomic mass is 10.1. The van der Waals surface area contributed by atoms with Gasteiger partial charge in [0.05, 0.1) is 30.1 Å². The van der Waals surface area contributed by atoms with Crippen LogP contribution in [0.2, 0.25) is 0 Å². The molecule has 1 saturated heterocycles. The molecule has 1 aromatic carbocycles. The van der Waals surface area contributed by atoms with E-state index in [1.807, 2.05) is 0 Å². The van der Waals surface area contributed by atoms with E-state index in [4.69, 9.17) is 9.84 Å². The summed E-state index contributed by atoms with van der Waals surface area (Å²) in [4.78, 5) is 24.6. The maximum Gasteiger partial charge on any atom is 0.416 e. The molecule has 7 nitrogen and oxygen atoms in total. The van der Waals surface area contributed by atoms with E-state index < -0.39 is 53.8 Å². The monoisotopic (exact) mass is 467 g/mol. The minimum Gasteiger partial charge on any atom is -0.481 e. The molecule has 1 atom stereocenters. The van der Waals surface area contributed by atoms with Crippen LogP contribution in [0, 0.1) is 0 Å². The number of aliphatic carboxylic acids is 1. The average Bonchev–Trinajstić information content (AvgIpc) is 2.92. The van der Waals surface area contributed by atoms with Crippen LogP contribution >= 0.6 is 0 Å². The zero-order valence-corrected chi connectivity index (χ0v) is 16.5. The summed E-state index contributed by atoms with van der Waals surface area (Å²) < 4.78 is 82.8. The first kappa shape index (κ1) is 23.7. The molecular formula is C19H19F6N3O4. The van der Waals surface area contributed by atoms with Gasteiger partial charge in [0.1, 0.15) is 6.61 Å². The normalized spacial score (nSPS) is 19.3. The van der Waals surface area contributed by atoms with Crippen LogP contribution < -0.4 is 5.43 Å². The van der Waals surface area contributed by atoms with Gasteiger partial charge in [-0.2, -0.15) is 26.3 Å². The van der Waals surface area contributed by atoms with Crippen molar-refractivity contribution in [3.05, 3.63) is 46.7 Å². The van der Waals surface area contributed by atoms with Gasteiger partial charge in [-0.1, -0.05) is 0 Å². The zero-order valence-electron chi connectivity index (χ0n) is 16.5. The molecule has 0 saturated carbocycles.